The molecule has 0 aliphatic carbocycles. The summed E-state index contributed by atoms with van der Waals surface area (Å²) in [6.07, 6.45) is 0.240. The average molecular weight is 297 g/mol. The molecule has 0 spiro atoms. The van der Waals surface area contributed by atoms with E-state index >= 15 is 0 Å². The van der Waals surface area contributed by atoms with Crippen LogP contribution in [0.4, 0.5) is 5.69 Å². The Bertz CT molecular complexity index is 678. The zero-order valence-electron chi connectivity index (χ0n) is 11.2. The van der Waals surface area contributed by atoms with Crippen molar-refractivity contribution in [3.63, 3.8) is 0 Å². The first-order valence-electron chi connectivity index (χ1n) is 6.08. The van der Waals surface area contributed by atoms with Gasteiger partial charge in [0.2, 0.25) is 0 Å². The van der Waals surface area contributed by atoms with Crippen LogP contribution in [0.5, 0.6) is 0 Å². The van der Waals surface area contributed by atoms with Crippen LogP contribution in [0.1, 0.15) is 25.8 Å². The zero-order valence-corrected chi connectivity index (χ0v) is 12.0. The number of carboxylic acids is 1. The van der Waals surface area contributed by atoms with Crippen LogP contribution in [0.15, 0.2) is 24.3 Å². The molecule has 1 aliphatic heterocycles. The minimum absolute atomic E-state index is 0.0460. The summed E-state index contributed by atoms with van der Waals surface area (Å²) in [5.41, 5.74) is 0.940. The molecular formula is C13H15NO5S. The Labute approximate surface area is 117 Å². The van der Waals surface area contributed by atoms with Gasteiger partial charge in [-0.05, 0) is 38.0 Å². The Balaban J connectivity index is 2.29. The van der Waals surface area contributed by atoms with E-state index in [1.54, 1.807) is 12.1 Å². The minimum Gasteiger partial charge on any atom is -0.481 e. The van der Waals surface area contributed by atoms with Crippen molar-refractivity contribution in [3.8, 4) is 0 Å². The van der Waals surface area contributed by atoms with Crippen LogP contribution >= 0.6 is 0 Å². The second-order valence-corrected chi connectivity index (χ2v) is 7.48. The van der Waals surface area contributed by atoms with Crippen LogP contribution in [0.25, 0.3) is 0 Å². The van der Waals surface area contributed by atoms with E-state index in [1.165, 1.54) is 26.0 Å². The maximum atomic E-state index is 12.1. The first kappa shape index (κ1) is 14.5. The van der Waals surface area contributed by atoms with Gasteiger partial charge in [-0.2, -0.15) is 0 Å². The maximum Gasteiger partial charge on any atom is 0.303 e. The molecule has 0 bridgehead atoms. The van der Waals surface area contributed by atoms with Gasteiger partial charge in [-0.25, -0.2) is 12.7 Å². The summed E-state index contributed by atoms with van der Waals surface area (Å²) in [6.45, 7) is 2.74. The van der Waals surface area contributed by atoms with Gasteiger partial charge < -0.3 is 5.11 Å². The molecule has 0 unspecified atom stereocenters. The number of hydrogen-bond donors (Lipinski definition) is 1. The van der Waals surface area contributed by atoms with Gasteiger partial charge in [0.05, 0.1) is 5.69 Å². The van der Waals surface area contributed by atoms with Crippen LogP contribution in [0.2, 0.25) is 0 Å². The van der Waals surface area contributed by atoms with Gasteiger partial charge >= 0.3 is 5.97 Å². The SMILES string of the molecule is CC1(C)C(=O)N(c2cccc(CCC(=O)O)c2)S1(=O)=O. The molecule has 1 fully saturated rings. The number of aliphatic carboxylic acids is 1. The predicted molar refractivity (Wildman–Crippen MR) is 72.9 cm³/mol. The van der Waals surface area contributed by atoms with Gasteiger partial charge in [-0.3, -0.25) is 9.59 Å². The molecule has 0 atom stereocenters. The van der Waals surface area contributed by atoms with Crippen molar-refractivity contribution < 1.29 is 23.1 Å². The number of nitrogens with zero attached hydrogens (tertiary/aromatic N) is 1. The highest BCUT2D eigenvalue weighted by Crippen LogP contribution is 2.39. The lowest BCUT2D eigenvalue weighted by atomic mass is 10.1. The number of carbonyl (C=O) groups is 2. The van der Waals surface area contributed by atoms with Crippen LogP contribution < -0.4 is 4.31 Å². The molecule has 1 aromatic rings. The van der Waals surface area contributed by atoms with E-state index in [-0.39, 0.29) is 18.5 Å². The molecule has 1 saturated heterocycles. The molecule has 1 amide bonds. The van der Waals surface area contributed by atoms with Crippen LogP contribution in [0.3, 0.4) is 0 Å². The first-order valence-corrected chi connectivity index (χ1v) is 7.52. The molecule has 0 aromatic heterocycles. The normalized spacial score (nSPS) is 19.5. The molecule has 1 N–H and O–H groups in total. The Kier molecular flexibility index (Phi) is 3.33. The van der Waals surface area contributed by atoms with Gasteiger partial charge in [0.25, 0.3) is 15.9 Å². The first-order chi connectivity index (χ1) is 9.18. The Morgan fingerprint density at radius 2 is 2.00 bits per heavy atom. The highest BCUT2D eigenvalue weighted by atomic mass is 32.2. The number of carbonyl (C=O) groups excluding carboxylic acids is 1. The number of amides is 1. The fraction of sp³-hybridized carbons (Fsp3) is 0.385. The number of carboxylic acid groups (broad SMARTS) is 1. The molecule has 0 saturated carbocycles. The van der Waals surface area contributed by atoms with Gasteiger partial charge in [0.1, 0.15) is 0 Å². The molecule has 0 radical (unpaired) electrons. The van der Waals surface area contributed by atoms with E-state index in [9.17, 15) is 18.0 Å². The van der Waals surface area contributed by atoms with Crippen molar-refractivity contribution >= 4 is 27.6 Å². The highest BCUT2D eigenvalue weighted by Gasteiger charge is 2.60. The average Bonchev–Trinajstić information content (AvgIpc) is 2.36. The molecule has 2 rings (SSSR count). The fourth-order valence-electron chi connectivity index (χ4n) is 2.00. The molecule has 1 heterocycles. The number of sulfonamides is 1. The van der Waals surface area contributed by atoms with E-state index < -0.39 is 26.6 Å². The monoisotopic (exact) mass is 297 g/mol. The van der Waals surface area contributed by atoms with Gasteiger partial charge in [0, 0.05) is 6.42 Å². The lowest BCUT2D eigenvalue weighted by Gasteiger charge is -2.42. The van der Waals surface area contributed by atoms with Crippen molar-refractivity contribution in [2.45, 2.75) is 31.4 Å². The lowest BCUT2D eigenvalue weighted by molar-refractivity contribution is -0.137. The number of hydrogen-bond acceptors (Lipinski definition) is 4. The number of aryl methyl sites for hydroxylation is 1. The number of anilines is 1. The van der Waals surface area contributed by atoms with E-state index in [1.807, 2.05) is 0 Å². The standard InChI is InChI=1S/C13H15NO5S/c1-13(2)12(17)14(20(13,18)19)10-5-3-4-9(8-10)6-7-11(15)16/h3-5,8H,6-7H2,1-2H3,(H,15,16). The maximum absolute atomic E-state index is 12.1. The predicted octanol–water partition coefficient (Wildman–Crippen LogP) is 1.16. The van der Waals surface area contributed by atoms with Crippen molar-refractivity contribution in [1.82, 2.24) is 0 Å². The molecule has 1 aromatic carbocycles. The largest absolute Gasteiger partial charge is 0.481 e. The Morgan fingerprint density at radius 1 is 1.35 bits per heavy atom. The summed E-state index contributed by atoms with van der Waals surface area (Å²) in [4.78, 5) is 22.5. The molecule has 1 aliphatic rings. The summed E-state index contributed by atoms with van der Waals surface area (Å²) in [6, 6.07) is 6.37. The third-order valence-corrected chi connectivity index (χ3v) is 5.68. The molecular weight excluding hydrogens is 282 g/mol. The molecule has 20 heavy (non-hydrogen) atoms. The van der Waals surface area contributed by atoms with Crippen molar-refractivity contribution in [3.05, 3.63) is 29.8 Å². The molecule has 6 nitrogen and oxygen atoms in total. The Morgan fingerprint density at radius 3 is 2.55 bits per heavy atom. The van der Waals surface area contributed by atoms with E-state index in [0.717, 1.165) is 4.31 Å². The van der Waals surface area contributed by atoms with E-state index in [4.69, 9.17) is 5.11 Å². The van der Waals surface area contributed by atoms with Crippen LogP contribution in [-0.2, 0) is 26.0 Å². The topological polar surface area (TPSA) is 91.8 Å². The smallest absolute Gasteiger partial charge is 0.303 e. The fourth-order valence-corrected chi connectivity index (χ4v) is 3.47. The minimum atomic E-state index is -3.68. The summed E-state index contributed by atoms with van der Waals surface area (Å²) in [7, 11) is -3.68. The van der Waals surface area contributed by atoms with Crippen LogP contribution in [0, 0.1) is 0 Å². The molecule has 108 valence electrons. The summed E-state index contributed by atoms with van der Waals surface area (Å²) >= 11 is 0. The van der Waals surface area contributed by atoms with Crippen molar-refractivity contribution in [2.75, 3.05) is 4.31 Å². The summed E-state index contributed by atoms with van der Waals surface area (Å²) < 4.78 is 23.5. The van der Waals surface area contributed by atoms with Gasteiger partial charge in [0.15, 0.2) is 4.75 Å². The van der Waals surface area contributed by atoms with Crippen molar-refractivity contribution in [2.24, 2.45) is 0 Å². The zero-order chi connectivity index (χ0) is 15.1. The quantitative estimate of drug-likeness (QED) is 0.900. The highest BCUT2D eigenvalue weighted by molar-refractivity contribution is 7.98. The second kappa shape index (κ2) is 4.59. The van der Waals surface area contributed by atoms with Crippen LogP contribution in [-0.4, -0.2) is 30.1 Å². The van der Waals surface area contributed by atoms with E-state index in [2.05, 4.69) is 0 Å². The second-order valence-electron chi connectivity index (χ2n) is 5.15. The number of benzene rings is 1. The molecule has 7 heteroatoms. The lowest BCUT2D eigenvalue weighted by Crippen LogP contribution is -2.67. The summed E-state index contributed by atoms with van der Waals surface area (Å²) in [5.74, 6) is -1.41. The van der Waals surface area contributed by atoms with E-state index in [0.29, 0.717) is 5.56 Å². The number of rotatable bonds is 4. The van der Waals surface area contributed by atoms with Crippen molar-refractivity contribution in [1.29, 1.82) is 0 Å². The third-order valence-electron chi connectivity index (χ3n) is 3.36. The Hall–Kier alpha value is -1.89. The third kappa shape index (κ3) is 2.07. The van der Waals surface area contributed by atoms with Gasteiger partial charge in [-0.1, -0.05) is 12.1 Å². The van der Waals surface area contributed by atoms with Gasteiger partial charge in [-0.15, -0.1) is 0 Å². The summed E-state index contributed by atoms with van der Waals surface area (Å²) in [5, 5.41) is 8.64.